The van der Waals surface area contributed by atoms with Gasteiger partial charge < -0.3 is 9.84 Å². The van der Waals surface area contributed by atoms with Gasteiger partial charge in [-0.25, -0.2) is 0 Å². The van der Waals surface area contributed by atoms with Crippen LogP contribution < -0.4 is 4.74 Å². The Bertz CT molecular complexity index is 784. The molecular weight excluding hydrogens is 404 g/mol. The molecule has 0 bridgehead atoms. The first-order chi connectivity index (χ1) is 11.6. The van der Waals surface area contributed by atoms with E-state index in [4.69, 9.17) is 44.6 Å². The molecule has 0 unspecified atom stereocenters. The van der Waals surface area contributed by atoms with Crippen LogP contribution in [0, 0.1) is 0 Å². The summed E-state index contributed by atoms with van der Waals surface area (Å²) in [6, 6.07) is 5.86. The molecule has 0 heterocycles. The van der Waals surface area contributed by atoms with E-state index in [1.165, 1.54) is 18.2 Å². The van der Waals surface area contributed by atoms with E-state index < -0.39 is 17.7 Å². The fraction of sp³-hybridized carbons (Fsp3) is 0.188. The summed E-state index contributed by atoms with van der Waals surface area (Å²) in [5, 5.41) is 8.47. The second kappa shape index (κ2) is 7.72. The lowest BCUT2D eigenvalue weighted by Gasteiger charge is -2.14. The molecule has 0 atom stereocenters. The maximum Gasteiger partial charge on any atom is 0.416 e. The van der Waals surface area contributed by atoms with E-state index in [0.717, 1.165) is 0 Å². The van der Waals surface area contributed by atoms with Crippen LogP contribution in [0.25, 0.3) is 0 Å². The third-order valence-corrected chi connectivity index (χ3v) is 4.10. The van der Waals surface area contributed by atoms with Gasteiger partial charge in [-0.15, -0.1) is 0 Å². The molecule has 25 heavy (non-hydrogen) atoms. The average Bonchev–Trinajstić information content (AvgIpc) is 2.49. The summed E-state index contributed by atoms with van der Waals surface area (Å²) in [6.07, 6.45) is -4.55. The van der Waals surface area contributed by atoms with Crippen molar-refractivity contribution in [2.24, 2.45) is 0 Å². The molecule has 0 saturated heterocycles. The van der Waals surface area contributed by atoms with Gasteiger partial charge in [-0.1, -0.05) is 34.8 Å². The number of carboxylic acid groups (broad SMARTS) is 1. The van der Waals surface area contributed by atoms with Crippen LogP contribution in [0.15, 0.2) is 30.3 Å². The van der Waals surface area contributed by atoms with Gasteiger partial charge >= 0.3 is 12.1 Å². The fourth-order valence-corrected chi connectivity index (χ4v) is 2.76. The lowest BCUT2D eigenvalue weighted by molar-refractivity contribution is -0.138. The number of carbonyl (C=O) groups is 1. The van der Waals surface area contributed by atoms with Gasteiger partial charge in [0.2, 0.25) is 0 Å². The van der Waals surface area contributed by atoms with Crippen molar-refractivity contribution in [2.45, 2.75) is 19.0 Å². The van der Waals surface area contributed by atoms with Gasteiger partial charge in [-0.2, -0.15) is 13.2 Å². The van der Waals surface area contributed by atoms with E-state index in [-0.39, 0.29) is 34.4 Å². The molecule has 0 radical (unpaired) electrons. The number of rotatable bonds is 5. The first-order valence-corrected chi connectivity index (χ1v) is 7.95. The number of alkyl halides is 3. The smallest absolute Gasteiger partial charge is 0.416 e. The summed E-state index contributed by atoms with van der Waals surface area (Å²) in [5.41, 5.74) is -0.478. The lowest BCUT2D eigenvalue weighted by Crippen LogP contribution is -2.05. The Morgan fingerprint density at radius 2 is 1.64 bits per heavy atom. The predicted octanol–water partition coefficient (Wildman–Crippen LogP) is 6.48. The second-order valence-corrected chi connectivity index (χ2v) is 6.24. The number of carboxylic acids is 1. The highest BCUT2D eigenvalue weighted by Gasteiger charge is 2.32. The molecule has 0 aliphatic rings. The topological polar surface area (TPSA) is 46.5 Å². The number of ether oxygens (including phenoxy) is 1. The molecule has 2 rings (SSSR count). The van der Waals surface area contributed by atoms with Crippen LogP contribution in [-0.4, -0.2) is 11.1 Å². The fourth-order valence-electron chi connectivity index (χ4n) is 1.99. The molecule has 0 amide bonds. The predicted molar refractivity (Wildman–Crippen MR) is 88.9 cm³/mol. The van der Waals surface area contributed by atoms with Gasteiger partial charge in [0.25, 0.3) is 0 Å². The number of benzene rings is 2. The molecule has 0 aromatic heterocycles. The molecule has 134 valence electrons. The number of hydrogen-bond acceptors (Lipinski definition) is 2. The zero-order valence-corrected chi connectivity index (χ0v) is 14.6. The highest BCUT2D eigenvalue weighted by molar-refractivity contribution is 6.37. The summed E-state index contributed by atoms with van der Waals surface area (Å²) >= 11 is 17.7. The maximum atomic E-state index is 12.7. The molecular formula is C16H10Cl3F3O3. The number of hydrogen-bond donors (Lipinski definition) is 1. The Kier molecular flexibility index (Phi) is 6.08. The normalized spacial score (nSPS) is 11.4. The number of aryl methyl sites for hydroxylation is 1. The van der Waals surface area contributed by atoms with Gasteiger partial charge in [0.15, 0.2) is 5.75 Å². The summed E-state index contributed by atoms with van der Waals surface area (Å²) in [5.74, 6) is -0.910. The largest absolute Gasteiger partial charge is 0.481 e. The monoisotopic (exact) mass is 412 g/mol. The minimum absolute atomic E-state index is 0.134. The molecule has 2 aromatic carbocycles. The van der Waals surface area contributed by atoms with Crippen molar-refractivity contribution in [1.82, 2.24) is 0 Å². The van der Waals surface area contributed by atoms with Crippen molar-refractivity contribution in [3.8, 4) is 11.5 Å². The lowest BCUT2D eigenvalue weighted by atomic mass is 10.1. The van der Waals surface area contributed by atoms with Gasteiger partial charge in [-0.05, 0) is 42.3 Å². The van der Waals surface area contributed by atoms with E-state index in [1.807, 2.05) is 0 Å². The Hall–Kier alpha value is -1.63. The van der Waals surface area contributed by atoms with Crippen molar-refractivity contribution in [3.05, 3.63) is 56.5 Å². The van der Waals surface area contributed by atoms with Crippen LogP contribution in [0.5, 0.6) is 11.5 Å². The number of aliphatic carboxylic acids is 1. The average molecular weight is 414 g/mol. The van der Waals surface area contributed by atoms with Gasteiger partial charge in [0.05, 0.1) is 15.6 Å². The van der Waals surface area contributed by atoms with E-state index in [2.05, 4.69) is 0 Å². The molecule has 9 heteroatoms. The van der Waals surface area contributed by atoms with Crippen LogP contribution in [0.3, 0.4) is 0 Å². The Morgan fingerprint density at radius 3 is 2.16 bits per heavy atom. The van der Waals surface area contributed by atoms with Crippen molar-refractivity contribution < 1.29 is 27.8 Å². The van der Waals surface area contributed by atoms with Crippen LogP contribution in [0.4, 0.5) is 13.2 Å². The standard InChI is InChI=1S/C16H10Cl3F3O3/c17-11-3-2-10(5-8(11)1-4-14(23)24)25-15-12(18)6-9(7-13(15)19)16(20,21)22/h2-3,5-7H,1,4H2,(H,23,24). The highest BCUT2D eigenvalue weighted by atomic mass is 35.5. The Balaban J connectivity index is 2.31. The first-order valence-electron chi connectivity index (χ1n) is 6.82. The molecule has 1 N–H and O–H groups in total. The Morgan fingerprint density at radius 1 is 1.04 bits per heavy atom. The molecule has 0 aliphatic carbocycles. The molecule has 0 fully saturated rings. The summed E-state index contributed by atoms with van der Waals surface area (Å²) in [7, 11) is 0. The van der Waals surface area contributed by atoms with Crippen LogP contribution in [0.2, 0.25) is 15.1 Å². The first kappa shape index (κ1) is 19.7. The van der Waals surface area contributed by atoms with E-state index in [0.29, 0.717) is 22.7 Å². The third-order valence-electron chi connectivity index (χ3n) is 3.17. The molecule has 3 nitrogen and oxygen atoms in total. The van der Waals surface area contributed by atoms with Gasteiger partial charge in [0, 0.05) is 11.4 Å². The van der Waals surface area contributed by atoms with Crippen LogP contribution in [-0.2, 0) is 17.4 Å². The second-order valence-electron chi connectivity index (χ2n) is 5.02. The van der Waals surface area contributed by atoms with Gasteiger partial charge in [-0.3, -0.25) is 4.79 Å². The van der Waals surface area contributed by atoms with Crippen LogP contribution in [0.1, 0.15) is 17.5 Å². The molecule has 0 saturated carbocycles. The Labute approximate surface area is 155 Å². The summed E-state index contributed by atoms with van der Waals surface area (Å²) in [6.45, 7) is 0. The number of halogens is 6. The van der Waals surface area contributed by atoms with Crippen molar-refractivity contribution in [1.29, 1.82) is 0 Å². The van der Waals surface area contributed by atoms with Crippen molar-refractivity contribution in [2.75, 3.05) is 0 Å². The highest BCUT2D eigenvalue weighted by Crippen LogP contribution is 2.42. The summed E-state index contributed by atoms with van der Waals surface area (Å²) < 4.78 is 43.7. The molecule has 0 aliphatic heterocycles. The van der Waals surface area contributed by atoms with Crippen LogP contribution >= 0.6 is 34.8 Å². The molecule has 2 aromatic rings. The van der Waals surface area contributed by atoms with E-state index >= 15 is 0 Å². The minimum atomic E-state index is -4.59. The minimum Gasteiger partial charge on any atom is -0.481 e. The van der Waals surface area contributed by atoms with E-state index in [1.54, 1.807) is 0 Å². The molecule has 0 spiro atoms. The van der Waals surface area contributed by atoms with Crippen molar-refractivity contribution >= 4 is 40.8 Å². The third kappa shape index (κ3) is 5.17. The zero-order valence-electron chi connectivity index (χ0n) is 12.3. The zero-order chi connectivity index (χ0) is 18.8. The SMILES string of the molecule is O=C(O)CCc1cc(Oc2c(Cl)cc(C(F)(F)F)cc2Cl)ccc1Cl. The van der Waals surface area contributed by atoms with Crippen molar-refractivity contribution in [3.63, 3.8) is 0 Å². The van der Waals surface area contributed by atoms with Gasteiger partial charge in [0.1, 0.15) is 5.75 Å². The summed E-state index contributed by atoms with van der Waals surface area (Å²) in [4.78, 5) is 10.7. The maximum absolute atomic E-state index is 12.7. The quantitative estimate of drug-likeness (QED) is 0.610. The van der Waals surface area contributed by atoms with E-state index in [9.17, 15) is 18.0 Å².